The van der Waals surface area contributed by atoms with Gasteiger partial charge in [-0.15, -0.1) is 0 Å². The average molecular weight is 498 g/mol. The minimum Gasteiger partial charge on any atom is -0.490 e. The fourth-order valence-electron chi connectivity index (χ4n) is 4.18. The van der Waals surface area contributed by atoms with Crippen LogP contribution in [0.15, 0.2) is 0 Å². The predicted octanol–water partition coefficient (Wildman–Crippen LogP) is -3.48. The highest BCUT2D eigenvalue weighted by Crippen LogP contribution is 2.43. The number of aliphatic hydroxyl groups is 4. The Morgan fingerprint density at radius 2 is 0.844 bits per heavy atom. The maximum absolute atomic E-state index is 11.7. The highest BCUT2D eigenvalue weighted by Gasteiger charge is 2.78. The second kappa shape index (κ2) is 10.6. The summed E-state index contributed by atoms with van der Waals surface area (Å²) in [6, 6.07) is 0. The number of aliphatic hydroxyl groups excluding tert-OH is 4. The van der Waals surface area contributed by atoms with E-state index in [2.05, 4.69) is 0 Å². The molecule has 0 spiro atoms. The van der Waals surface area contributed by atoms with Gasteiger partial charge in [0, 0.05) is 42.7 Å². The smallest absolute Gasteiger partial charge is 0.401 e. The van der Waals surface area contributed by atoms with Gasteiger partial charge in [0.15, 0.2) is 0 Å². The molecular formula is C14H28B2O14Si2. The van der Waals surface area contributed by atoms with Crippen LogP contribution in [0.4, 0.5) is 9.59 Å². The SMILES string of the molecule is COC1([B]C(=O)O)C(O)[Si](OC)(OC)C(O)C([B]C(=O)O)(OC)C(O)[Si](OC)(OC)C1O. The van der Waals surface area contributed by atoms with Crippen molar-refractivity contribution >= 4 is 43.4 Å². The average Bonchev–Trinajstić information content (AvgIpc) is 2.76. The van der Waals surface area contributed by atoms with Gasteiger partial charge in [0.25, 0.3) is 0 Å². The van der Waals surface area contributed by atoms with E-state index in [-0.39, 0.29) is 0 Å². The number of hydrogen-bond acceptors (Lipinski definition) is 12. The van der Waals surface area contributed by atoms with Crippen LogP contribution in [0.2, 0.25) is 0 Å². The molecule has 6 N–H and O–H groups in total. The molecule has 182 valence electrons. The molecule has 32 heavy (non-hydrogen) atoms. The van der Waals surface area contributed by atoms with E-state index in [0.717, 1.165) is 42.7 Å². The van der Waals surface area contributed by atoms with E-state index >= 15 is 0 Å². The molecule has 4 unspecified atom stereocenters. The van der Waals surface area contributed by atoms with Crippen molar-refractivity contribution in [1.29, 1.82) is 0 Å². The predicted molar refractivity (Wildman–Crippen MR) is 111 cm³/mol. The summed E-state index contributed by atoms with van der Waals surface area (Å²) in [7, 11) is -2.65. The van der Waals surface area contributed by atoms with Crippen LogP contribution >= 0.6 is 0 Å². The first-order valence-corrected chi connectivity index (χ1v) is 13.0. The Morgan fingerprint density at radius 1 is 0.625 bits per heavy atom. The molecule has 2 radical (unpaired) electrons. The van der Waals surface area contributed by atoms with Crippen LogP contribution < -0.4 is 0 Å². The molecule has 0 bridgehead atoms. The van der Waals surface area contributed by atoms with Crippen molar-refractivity contribution in [2.75, 3.05) is 42.7 Å². The van der Waals surface area contributed by atoms with Crippen LogP contribution in [0.1, 0.15) is 0 Å². The lowest BCUT2D eigenvalue weighted by Gasteiger charge is -2.57. The monoisotopic (exact) mass is 498 g/mol. The van der Waals surface area contributed by atoms with Crippen LogP contribution in [-0.4, -0.2) is 151 Å². The maximum atomic E-state index is 11.7. The third-order valence-electron chi connectivity index (χ3n) is 5.92. The summed E-state index contributed by atoms with van der Waals surface area (Å²) < 4.78 is 31.9. The minimum atomic E-state index is -4.68. The standard InChI is InChI=1S/C14H28B2O14Si2/c1-25-13(15-11(21)22)7(17)31(27-3,28-4)9(19)14(26-2,16-12(23)24)10(20)32(29-5,30-6)8(13)18/h7-10,17-20H,1-6H3,(H,21,22)(H,23,24). The van der Waals surface area contributed by atoms with Crippen molar-refractivity contribution in [3.8, 4) is 0 Å². The maximum Gasteiger partial charge on any atom is 0.401 e. The number of ether oxygens (including phenoxy) is 2. The molecule has 0 aliphatic carbocycles. The third kappa shape index (κ3) is 4.08. The van der Waals surface area contributed by atoms with Crippen LogP contribution in [0.25, 0.3) is 0 Å². The van der Waals surface area contributed by atoms with Crippen molar-refractivity contribution in [3.63, 3.8) is 0 Å². The molecule has 1 heterocycles. The molecule has 14 nitrogen and oxygen atoms in total. The molecule has 0 aromatic carbocycles. The molecule has 1 aliphatic heterocycles. The van der Waals surface area contributed by atoms with E-state index in [1.54, 1.807) is 0 Å². The first-order chi connectivity index (χ1) is 14.8. The summed E-state index contributed by atoms with van der Waals surface area (Å²) in [6.07, 6.45) is 0. The molecule has 0 amide bonds. The molecule has 1 rings (SSSR count). The quantitative estimate of drug-likeness (QED) is 0.162. The second-order valence-electron chi connectivity index (χ2n) is 6.95. The Labute approximate surface area is 187 Å². The Hall–Kier alpha value is -0.896. The van der Waals surface area contributed by atoms with Gasteiger partial charge in [0.2, 0.25) is 11.7 Å². The van der Waals surface area contributed by atoms with Gasteiger partial charge in [-0.25, -0.2) is 0 Å². The number of carbonyl (C=O) groups is 2. The summed E-state index contributed by atoms with van der Waals surface area (Å²) in [4.78, 5) is 23.3. The fourth-order valence-corrected chi connectivity index (χ4v) is 11.2. The third-order valence-corrected chi connectivity index (χ3v) is 13.3. The first-order valence-electron chi connectivity index (χ1n) is 9.03. The van der Waals surface area contributed by atoms with Gasteiger partial charge >= 0.3 is 31.7 Å². The fraction of sp³-hybridized carbons (Fsp3) is 0.857. The van der Waals surface area contributed by atoms with E-state index in [1.165, 1.54) is 0 Å². The normalized spacial score (nSPS) is 36.6. The second-order valence-corrected chi connectivity index (χ2v) is 13.7. The Bertz CT molecular complexity index is 596. The molecule has 0 aromatic rings. The zero-order valence-electron chi connectivity index (χ0n) is 18.4. The zero-order valence-corrected chi connectivity index (χ0v) is 20.4. The minimum absolute atomic E-state index is 0.391. The molecule has 1 saturated heterocycles. The van der Waals surface area contributed by atoms with Crippen molar-refractivity contribution in [2.45, 2.75) is 33.9 Å². The summed E-state index contributed by atoms with van der Waals surface area (Å²) in [5.74, 6) is -3.32. The van der Waals surface area contributed by atoms with Gasteiger partial charge in [-0.2, -0.15) is 0 Å². The van der Waals surface area contributed by atoms with Crippen molar-refractivity contribution in [3.05, 3.63) is 0 Å². The van der Waals surface area contributed by atoms with Crippen LogP contribution in [0, 0.1) is 0 Å². The van der Waals surface area contributed by atoms with Crippen molar-refractivity contribution < 1.29 is 67.4 Å². The topological polar surface area (TPSA) is 211 Å². The van der Waals surface area contributed by atoms with Gasteiger partial charge < -0.3 is 57.8 Å². The molecule has 18 heteroatoms. The van der Waals surface area contributed by atoms with E-state index in [9.17, 15) is 40.2 Å². The summed E-state index contributed by atoms with van der Waals surface area (Å²) in [5.41, 5.74) is -14.2. The summed E-state index contributed by atoms with van der Waals surface area (Å²) in [6.45, 7) is 0. The first kappa shape index (κ1) is 29.1. The molecule has 0 saturated carbocycles. The zero-order chi connectivity index (χ0) is 25.1. The van der Waals surface area contributed by atoms with Crippen LogP contribution in [-0.2, 0) is 27.2 Å². The van der Waals surface area contributed by atoms with Gasteiger partial charge in [-0.1, -0.05) is 0 Å². The van der Waals surface area contributed by atoms with E-state index < -0.39 is 62.8 Å². The van der Waals surface area contributed by atoms with Crippen molar-refractivity contribution in [1.82, 2.24) is 0 Å². The highest BCUT2D eigenvalue weighted by atomic mass is 28.4. The van der Waals surface area contributed by atoms with Gasteiger partial charge in [0.05, 0.1) is 0 Å². The highest BCUT2D eigenvalue weighted by molar-refractivity contribution is 6.85. The van der Waals surface area contributed by atoms with Crippen LogP contribution in [0.5, 0.6) is 0 Å². The molecular weight excluding hydrogens is 470 g/mol. The number of hydrogen-bond donors (Lipinski definition) is 6. The lowest BCUT2D eigenvalue weighted by atomic mass is 9.60. The van der Waals surface area contributed by atoms with Gasteiger partial charge in [0.1, 0.15) is 33.9 Å². The molecule has 4 atom stereocenters. The lowest BCUT2D eigenvalue weighted by molar-refractivity contribution is -0.140. The van der Waals surface area contributed by atoms with Gasteiger partial charge in [-0.05, 0) is 0 Å². The number of methoxy groups -OCH3 is 2. The van der Waals surface area contributed by atoms with Crippen LogP contribution in [0.3, 0.4) is 0 Å². The van der Waals surface area contributed by atoms with Gasteiger partial charge in [-0.3, -0.25) is 9.59 Å². The molecule has 1 aliphatic rings. The lowest BCUT2D eigenvalue weighted by Crippen LogP contribution is -2.89. The molecule has 1 fully saturated rings. The van der Waals surface area contributed by atoms with E-state index in [4.69, 9.17) is 27.2 Å². The van der Waals surface area contributed by atoms with E-state index in [0.29, 0.717) is 14.6 Å². The number of carboxylic acid groups (broad SMARTS) is 2. The Morgan fingerprint density at radius 3 is 0.969 bits per heavy atom. The summed E-state index contributed by atoms with van der Waals surface area (Å²) >= 11 is 0. The van der Waals surface area contributed by atoms with E-state index in [1.807, 2.05) is 0 Å². The Balaban J connectivity index is 4.18. The molecule has 0 aromatic heterocycles. The number of rotatable bonds is 10. The largest absolute Gasteiger partial charge is 0.490 e. The Kier molecular flexibility index (Phi) is 9.63. The summed E-state index contributed by atoms with van der Waals surface area (Å²) in [5, 5.41) is 64.5. The van der Waals surface area contributed by atoms with Crippen molar-refractivity contribution in [2.24, 2.45) is 0 Å².